The van der Waals surface area contributed by atoms with Gasteiger partial charge in [-0.1, -0.05) is 24.3 Å². The molecule has 2 aromatic carbocycles. The lowest BCUT2D eigenvalue weighted by Crippen LogP contribution is -2.51. The van der Waals surface area contributed by atoms with Crippen molar-refractivity contribution in [2.75, 3.05) is 6.54 Å². The fourth-order valence-corrected chi connectivity index (χ4v) is 3.41. The SMILES string of the molecule is Cc1cccc(O[C@@H]2CCC[C@H](NCCc3ccc(F)cc3)[C@H]2O)c1. The third kappa shape index (κ3) is 5.03. The number of hydrogen-bond donors (Lipinski definition) is 2. The molecule has 2 aromatic rings. The Hall–Kier alpha value is -1.91. The summed E-state index contributed by atoms with van der Waals surface area (Å²) < 4.78 is 19.0. The number of halogens is 1. The van der Waals surface area contributed by atoms with Crippen LogP contribution >= 0.6 is 0 Å². The molecule has 1 fully saturated rings. The van der Waals surface area contributed by atoms with Crippen LogP contribution in [0.4, 0.5) is 4.39 Å². The van der Waals surface area contributed by atoms with Crippen molar-refractivity contribution in [2.24, 2.45) is 0 Å². The van der Waals surface area contributed by atoms with Gasteiger partial charge < -0.3 is 15.2 Å². The van der Waals surface area contributed by atoms with E-state index in [0.717, 1.165) is 49.1 Å². The Balaban J connectivity index is 1.51. The van der Waals surface area contributed by atoms with Crippen molar-refractivity contribution in [3.8, 4) is 5.75 Å². The van der Waals surface area contributed by atoms with Crippen molar-refractivity contribution >= 4 is 0 Å². The molecule has 4 heteroatoms. The Bertz CT molecular complexity index is 674. The summed E-state index contributed by atoms with van der Waals surface area (Å²) >= 11 is 0. The van der Waals surface area contributed by atoms with Crippen LogP contribution in [0.15, 0.2) is 48.5 Å². The van der Waals surface area contributed by atoms with Crippen LogP contribution in [-0.2, 0) is 6.42 Å². The molecular weight excluding hydrogens is 317 g/mol. The molecule has 3 nitrogen and oxygen atoms in total. The topological polar surface area (TPSA) is 41.5 Å². The second-order valence-electron chi connectivity index (χ2n) is 6.83. The first-order valence-corrected chi connectivity index (χ1v) is 9.01. The van der Waals surface area contributed by atoms with Crippen LogP contribution in [0.1, 0.15) is 30.4 Å². The first kappa shape index (κ1) is 17.9. The molecule has 3 atom stereocenters. The van der Waals surface area contributed by atoms with E-state index >= 15 is 0 Å². The van der Waals surface area contributed by atoms with E-state index in [-0.39, 0.29) is 18.0 Å². The van der Waals surface area contributed by atoms with Crippen molar-refractivity contribution in [3.63, 3.8) is 0 Å². The summed E-state index contributed by atoms with van der Waals surface area (Å²) in [6, 6.07) is 14.5. The maximum atomic E-state index is 12.9. The number of hydrogen-bond acceptors (Lipinski definition) is 3. The van der Waals surface area contributed by atoms with Gasteiger partial charge in [0, 0.05) is 6.04 Å². The molecule has 25 heavy (non-hydrogen) atoms. The van der Waals surface area contributed by atoms with E-state index in [9.17, 15) is 9.50 Å². The fraction of sp³-hybridized carbons (Fsp3) is 0.429. The molecule has 0 aromatic heterocycles. The monoisotopic (exact) mass is 343 g/mol. The van der Waals surface area contributed by atoms with Gasteiger partial charge in [-0.15, -0.1) is 0 Å². The van der Waals surface area contributed by atoms with Crippen molar-refractivity contribution in [3.05, 3.63) is 65.5 Å². The largest absolute Gasteiger partial charge is 0.488 e. The minimum atomic E-state index is -0.525. The summed E-state index contributed by atoms with van der Waals surface area (Å²) in [5.74, 6) is 0.603. The molecule has 0 radical (unpaired) electrons. The number of nitrogens with one attached hydrogen (secondary N) is 1. The zero-order chi connectivity index (χ0) is 17.6. The highest BCUT2D eigenvalue weighted by atomic mass is 19.1. The van der Waals surface area contributed by atoms with E-state index in [1.165, 1.54) is 12.1 Å². The average molecular weight is 343 g/mol. The normalized spacial score (nSPS) is 23.4. The van der Waals surface area contributed by atoms with Crippen LogP contribution < -0.4 is 10.1 Å². The van der Waals surface area contributed by atoms with E-state index < -0.39 is 6.10 Å². The van der Waals surface area contributed by atoms with Crippen molar-refractivity contribution in [2.45, 2.75) is 50.9 Å². The highest BCUT2D eigenvalue weighted by Crippen LogP contribution is 2.25. The van der Waals surface area contributed by atoms with Gasteiger partial charge >= 0.3 is 0 Å². The van der Waals surface area contributed by atoms with Gasteiger partial charge in [0.1, 0.15) is 23.8 Å². The molecule has 0 spiro atoms. The van der Waals surface area contributed by atoms with E-state index in [1.807, 2.05) is 31.2 Å². The Labute approximate surface area is 148 Å². The van der Waals surface area contributed by atoms with Gasteiger partial charge in [0.15, 0.2) is 0 Å². The van der Waals surface area contributed by atoms with Crippen LogP contribution in [0.3, 0.4) is 0 Å². The average Bonchev–Trinajstić information content (AvgIpc) is 2.60. The second kappa shape index (κ2) is 8.45. The maximum Gasteiger partial charge on any atom is 0.126 e. The van der Waals surface area contributed by atoms with E-state index in [1.54, 1.807) is 12.1 Å². The first-order chi connectivity index (χ1) is 12.1. The van der Waals surface area contributed by atoms with Crippen molar-refractivity contribution in [1.82, 2.24) is 5.32 Å². The lowest BCUT2D eigenvalue weighted by Gasteiger charge is -2.35. The molecule has 1 aliphatic rings. The van der Waals surface area contributed by atoms with Gasteiger partial charge in [-0.05, 0) is 74.5 Å². The summed E-state index contributed by atoms with van der Waals surface area (Å²) in [5, 5.41) is 14.1. The van der Waals surface area contributed by atoms with Gasteiger partial charge in [-0.25, -0.2) is 4.39 Å². The Morgan fingerprint density at radius 3 is 2.72 bits per heavy atom. The van der Waals surface area contributed by atoms with Crippen LogP contribution in [0.25, 0.3) is 0 Å². The summed E-state index contributed by atoms with van der Waals surface area (Å²) in [6.07, 6.45) is 2.94. The zero-order valence-corrected chi connectivity index (χ0v) is 14.6. The lowest BCUT2D eigenvalue weighted by atomic mass is 9.89. The summed E-state index contributed by atoms with van der Waals surface area (Å²) in [7, 11) is 0. The molecule has 0 aliphatic heterocycles. The molecule has 0 bridgehead atoms. The van der Waals surface area contributed by atoms with E-state index in [2.05, 4.69) is 5.32 Å². The third-order valence-electron chi connectivity index (χ3n) is 4.81. The summed E-state index contributed by atoms with van der Waals surface area (Å²) in [6.45, 7) is 2.79. The minimum absolute atomic E-state index is 0.0315. The van der Waals surface area contributed by atoms with Gasteiger partial charge in [-0.2, -0.15) is 0 Å². The van der Waals surface area contributed by atoms with E-state index in [0.29, 0.717) is 0 Å². The smallest absolute Gasteiger partial charge is 0.126 e. The maximum absolute atomic E-state index is 12.9. The quantitative estimate of drug-likeness (QED) is 0.842. The predicted octanol–water partition coefficient (Wildman–Crippen LogP) is 3.63. The number of ether oxygens (including phenoxy) is 1. The van der Waals surface area contributed by atoms with Gasteiger partial charge in [0.2, 0.25) is 0 Å². The molecule has 0 amide bonds. The molecule has 134 valence electrons. The van der Waals surface area contributed by atoms with Crippen LogP contribution in [-0.4, -0.2) is 29.9 Å². The molecule has 2 N–H and O–H groups in total. The van der Waals surface area contributed by atoms with Gasteiger partial charge in [-0.3, -0.25) is 0 Å². The lowest BCUT2D eigenvalue weighted by molar-refractivity contribution is -0.0151. The molecule has 0 heterocycles. The van der Waals surface area contributed by atoms with Crippen molar-refractivity contribution in [1.29, 1.82) is 0 Å². The third-order valence-corrected chi connectivity index (χ3v) is 4.81. The first-order valence-electron chi connectivity index (χ1n) is 9.01. The Morgan fingerprint density at radius 2 is 1.96 bits per heavy atom. The fourth-order valence-electron chi connectivity index (χ4n) is 3.41. The standard InChI is InChI=1S/C21H26FNO2/c1-15-4-2-5-18(14-15)25-20-7-3-6-19(21(20)24)23-13-12-16-8-10-17(22)11-9-16/h2,4-5,8-11,14,19-21,23-24H,3,6-7,12-13H2,1H3/t19-,20+,21+/m0/s1. The summed E-state index contributed by atoms with van der Waals surface area (Å²) in [4.78, 5) is 0. The highest BCUT2D eigenvalue weighted by Gasteiger charge is 2.32. The number of benzene rings is 2. The predicted molar refractivity (Wildman–Crippen MR) is 97.3 cm³/mol. The zero-order valence-electron chi connectivity index (χ0n) is 14.6. The highest BCUT2D eigenvalue weighted by molar-refractivity contribution is 5.27. The molecule has 3 rings (SSSR count). The second-order valence-corrected chi connectivity index (χ2v) is 6.83. The number of aryl methyl sites for hydroxylation is 1. The number of aliphatic hydroxyl groups excluding tert-OH is 1. The van der Waals surface area contributed by atoms with Crippen LogP contribution in [0, 0.1) is 12.7 Å². The molecular formula is C21H26FNO2. The minimum Gasteiger partial charge on any atom is -0.488 e. The Morgan fingerprint density at radius 1 is 1.16 bits per heavy atom. The van der Waals surface area contributed by atoms with Crippen LogP contribution in [0.2, 0.25) is 0 Å². The van der Waals surface area contributed by atoms with E-state index in [4.69, 9.17) is 4.74 Å². The van der Waals surface area contributed by atoms with Gasteiger partial charge in [0.05, 0.1) is 0 Å². The summed E-state index contributed by atoms with van der Waals surface area (Å²) in [5.41, 5.74) is 2.24. The van der Waals surface area contributed by atoms with Crippen molar-refractivity contribution < 1.29 is 14.2 Å². The molecule has 1 saturated carbocycles. The van der Waals surface area contributed by atoms with Crippen LogP contribution in [0.5, 0.6) is 5.75 Å². The number of aliphatic hydroxyl groups is 1. The molecule has 0 saturated heterocycles. The molecule has 0 unspecified atom stereocenters. The molecule has 1 aliphatic carbocycles. The van der Waals surface area contributed by atoms with Gasteiger partial charge in [0.25, 0.3) is 0 Å². The number of rotatable bonds is 6. The Kier molecular flexibility index (Phi) is 6.05.